The normalized spacial score (nSPS) is 18.8. The fourth-order valence-electron chi connectivity index (χ4n) is 1.54. The zero-order valence-corrected chi connectivity index (χ0v) is 7.76. The van der Waals surface area contributed by atoms with Crippen molar-refractivity contribution in [2.45, 2.75) is 18.9 Å². The third-order valence-electron chi connectivity index (χ3n) is 2.39. The molecule has 0 aromatic rings. The molecule has 0 aromatic carbocycles. The Morgan fingerprint density at radius 1 is 1.50 bits per heavy atom. The van der Waals surface area contributed by atoms with Crippen LogP contribution in [-0.4, -0.2) is 44.2 Å². The van der Waals surface area contributed by atoms with Gasteiger partial charge in [-0.05, 0) is 25.9 Å². The summed E-state index contributed by atoms with van der Waals surface area (Å²) in [5.41, 5.74) is 0. The predicted octanol–water partition coefficient (Wildman–Crippen LogP) is 0.00960. The SMILES string of the molecule is CNC(=O)N(C)C1CCNCC1. The minimum Gasteiger partial charge on any atom is -0.341 e. The summed E-state index contributed by atoms with van der Waals surface area (Å²) in [5.74, 6) is 0. The van der Waals surface area contributed by atoms with Gasteiger partial charge in [0.15, 0.2) is 0 Å². The van der Waals surface area contributed by atoms with Crippen LogP contribution >= 0.6 is 0 Å². The maximum absolute atomic E-state index is 11.2. The molecule has 70 valence electrons. The van der Waals surface area contributed by atoms with Gasteiger partial charge in [-0.15, -0.1) is 0 Å². The number of nitrogens with one attached hydrogen (secondary N) is 2. The highest BCUT2D eigenvalue weighted by atomic mass is 16.2. The van der Waals surface area contributed by atoms with Crippen LogP contribution in [0.25, 0.3) is 0 Å². The Labute approximate surface area is 73.3 Å². The Balaban J connectivity index is 2.39. The molecule has 0 aromatic heterocycles. The summed E-state index contributed by atoms with van der Waals surface area (Å²) in [7, 11) is 3.52. The van der Waals surface area contributed by atoms with Gasteiger partial charge in [-0.25, -0.2) is 4.79 Å². The van der Waals surface area contributed by atoms with Gasteiger partial charge in [0.25, 0.3) is 0 Å². The van der Waals surface area contributed by atoms with Gasteiger partial charge in [0.05, 0.1) is 0 Å². The van der Waals surface area contributed by atoms with E-state index in [1.165, 1.54) is 0 Å². The lowest BCUT2D eigenvalue weighted by atomic mass is 10.1. The van der Waals surface area contributed by atoms with E-state index in [-0.39, 0.29) is 6.03 Å². The topological polar surface area (TPSA) is 44.4 Å². The largest absolute Gasteiger partial charge is 0.341 e. The third-order valence-corrected chi connectivity index (χ3v) is 2.39. The first kappa shape index (κ1) is 9.32. The molecule has 2 N–H and O–H groups in total. The van der Waals surface area contributed by atoms with E-state index in [0.29, 0.717) is 6.04 Å². The first-order valence-corrected chi connectivity index (χ1v) is 4.41. The molecule has 1 saturated heterocycles. The van der Waals surface area contributed by atoms with E-state index in [1.54, 1.807) is 11.9 Å². The maximum Gasteiger partial charge on any atom is 0.317 e. The minimum atomic E-state index is 0.0156. The fraction of sp³-hybridized carbons (Fsp3) is 0.875. The molecule has 4 nitrogen and oxygen atoms in total. The van der Waals surface area contributed by atoms with Crippen LogP contribution in [0.5, 0.6) is 0 Å². The molecule has 1 heterocycles. The molecule has 1 aliphatic heterocycles. The van der Waals surface area contributed by atoms with Crippen LogP contribution in [0.3, 0.4) is 0 Å². The zero-order valence-electron chi connectivity index (χ0n) is 7.76. The molecule has 0 saturated carbocycles. The van der Waals surface area contributed by atoms with E-state index < -0.39 is 0 Å². The highest BCUT2D eigenvalue weighted by Gasteiger charge is 2.20. The van der Waals surface area contributed by atoms with Crippen molar-refractivity contribution < 1.29 is 4.79 Å². The summed E-state index contributed by atoms with van der Waals surface area (Å²) < 4.78 is 0. The Hall–Kier alpha value is -0.770. The van der Waals surface area contributed by atoms with Crippen molar-refractivity contribution in [3.63, 3.8) is 0 Å². The first-order chi connectivity index (χ1) is 5.75. The highest BCUT2D eigenvalue weighted by Crippen LogP contribution is 2.09. The third kappa shape index (κ3) is 2.11. The molecular weight excluding hydrogens is 154 g/mol. The lowest BCUT2D eigenvalue weighted by Gasteiger charge is -2.31. The van der Waals surface area contributed by atoms with E-state index in [1.807, 2.05) is 7.05 Å². The van der Waals surface area contributed by atoms with Gasteiger partial charge in [-0.1, -0.05) is 0 Å². The summed E-state index contributed by atoms with van der Waals surface area (Å²) in [6.45, 7) is 2.04. The number of carbonyl (C=O) groups is 1. The average molecular weight is 171 g/mol. The first-order valence-electron chi connectivity index (χ1n) is 4.41. The van der Waals surface area contributed by atoms with E-state index in [2.05, 4.69) is 10.6 Å². The monoisotopic (exact) mass is 171 g/mol. The van der Waals surface area contributed by atoms with Crippen molar-refractivity contribution >= 4 is 6.03 Å². The van der Waals surface area contributed by atoms with Gasteiger partial charge < -0.3 is 15.5 Å². The number of piperidine rings is 1. The molecule has 0 bridgehead atoms. The number of nitrogens with zero attached hydrogens (tertiary/aromatic N) is 1. The van der Waals surface area contributed by atoms with E-state index in [0.717, 1.165) is 25.9 Å². The fourth-order valence-corrected chi connectivity index (χ4v) is 1.54. The predicted molar refractivity (Wildman–Crippen MR) is 48.1 cm³/mol. The van der Waals surface area contributed by atoms with Gasteiger partial charge in [0.1, 0.15) is 0 Å². The number of carbonyl (C=O) groups excluding carboxylic acids is 1. The molecule has 0 radical (unpaired) electrons. The van der Waals surface area contributed by atoms with E-state index in [9.17, 15) is 4.79 Å². The summed E-state index contributed by atoms with van der Waals surface area (Å²) in [5, 5.41) is 5.90. The second-order valence-corrected chi connectivity index (χ2v) is 3.15. The maximum atomic E-state index is 11.2. The van der Waals surface area contributed by atoms with Crippen LogP contribution in [0.2, 0.25) is 0 Å². The summed E-state index contributed by atoms with van der Waals surface area (Å²) in [6.07, 6.45) is 2.12. The number of hydrogen-bond acceptors (Lipinski definition) is 2. The van der Waals surface area contributed by atoms with Crippen LogP contribution in [0.15, 0.2) is 0 Å². The van der Waals surface area contributed by atoms with Crippen molar-refractivity contribution in [3.8, 4) is 0 Å². The molecular formula is C8H17N3O. The Morgan fingerprint density at radius 3 is 2.58 bits per heavy atom. The second-order valence-electron chi connectivity index (χ2n) is 3.15. The summed E-state index contributed by atoms with van der Waals surface area (Å²) >= 11 is 0. The van der Waals surface area contributed by atoms with Gasteiger partial charge in [0.2, 0.25) is 0 Å². The van der Waals surface area contributed by atoms with Crippen molar-refractivity contribution in [3.05, 3.63) is 0 Å². The molecule has 0 atom stereocenters. The quantitative estimate of drug-likeness (QED) is 0.583. The zero-order chi connectivity index (χ0) is 8.97. The van der Waals surface area contributed by atoms with Gasteiger partial charge >= 0.3 is 6.03 Å². The van der Waals surface area contributed by atoms with Crippen LogP contribution in [0.1, 0.15) is 12.8 Å². The molecule has 0 unspecified atom stereocenters. The second kappa shape index (κ2) is 4.30. The lowest BCUT2D eigenvalue weighted by Crippen LogP contribution is -2.46. The average Bonchev–Trinajstić information content (AvgIpc) is 2.17. The van der Waals surface area contributed by atoms with Gasteiger partial charge in [-0.2, -0.15) is 0 Å². The highest BCUT2D eigenvalue weighted by molar-refractivity contribution is 5.73. The van der Waals surface area contributed by atoms with Crippen molar-refractivity contribution in [2.75, 3.05) is 27.2 Å². The van der Waals surface area contributed by atoms with Crippen LogP contribution in [0.4, 0.5) is 4.79 Å². The Kier molecular flexibility index (Phi) is 3.34. The van der Waals surface area contributed by atoms with Crippen LogP contribution in [0, 0.1) is 0 Å². The Bertz CT molecular complexity index is 154. The molecule has 4 heteroatoms. The summed E-state index contributed by atoms with van der Waals surface area (Å²) in [6, 6.07) is 0.424. The smallest absolute Gasteiger partial charge is 0.317 e. The number of amides is 2. The van der Waals surface area contributed by atoms with Gasteiger partial charge in [0, 0.05) is 20.1 Å². The number of hydrogen-bond donors (Lipinski definition) is 2. The molecule has 1 rings (SSSR count). The molecule has 0 aliphatic carbocycles. The van der Waals surface area contributed by atoms with E-state index in [4.69, 9.17) is 0 Å². The van der Waals surface area contributed by atoms with Crippen LogP contribution in [-0.2, 0) is 0 Å². The van der Waals surface area contributed by atoms with Gasteiger partial charge in [-0.3, -0.25) is 0 Å². The number of urea groups is 1. The van der Waals surface area contributed by atoms with Crippen molar-refractivity contribution in [1.29, 1.82) is 0 Å². The summed E-state index contributed by atoms with van der Waals surface area (Å²) in [4.78, 5) is 13.0. The standard InChI is InChI=1S/C8H17N3O/c1-9-8(12)11(2)7-3-5-10-6-4-7/h7,10H,3-6H2,1-2H3,(H,9,12). The molecule has 0 spiro atoms. The van der Waals surface area contributed by atoms with Crippen LogP contribution < -0.4 is 10.6 Å². The lowest BCUT2D eigenvalue weighted by molar-refractivity contribution is 0.179. The van der Waals surface area contributed by atoms with E-state index >= 15 is 0 Å². The molecule has 1 fully saturated rings. The molecule has 12 heavy (non-hydrogen) atoms. The Morgan fingerprint density at radius 2 is 2.08 bits per heavy atom. The van der Waals surface area contributed by atoms with Crippen molar-refractivity contribution in [1.82, 2.24) is 15.5 Å². The molecule has 2 amide bonds. The number of rotatable bonds is 1. The minimum absolute atomic E-state index is 0.0156. The molecule has 1 aliphatic rings. The van der Waals surface area contributed by atoms with Crippen molar-refractivity contribution in [2.24, 2.45) is 0 Å².